The van der Waals surface area contributed by atoms with Crippen molar-refractivity contribution in [1.82, 2.24) is 0 Å². The van der Waals surface area contributed by atoms with Crippen molar-refractivity contribution in [3.63, 3.8) is 0 Å². The Bertz CT molecular complexity index is 76.8. The summed E-state index contributed by atoms with van der Waals surface area (Å²) in [4.78, 5) is 0. The van der Waals surface area contributed by atoms with Crippen molar-refractivity contribution in [3.05, 3.63) is 0 Å². The highest BCUT2D eigenvalue weighted by Gasteiger charge is 2.07. The van der Waals surface area contributed by atoms with Crippen LogP contribution in [0.3, 0.4) is 0 Å². The molecule has 0 nitrogen and oxygen atoms in total. The highest BCUT2D eigenvalue weighted by Crippen LogP contribution is 2.17. The largest absolute Gasteiger partial charge is 0.176 e. The summed E-state index contributed by atoms with van der Waals surface area (Å²) in [5.74, 6) is 1.61. The van der Waals surface area contributed by atoms with Gasteiger partial charge in [-0.3, -0.25) is 0 Å². The second kappa shape index (κ2) is 5.06. The Balaban J connectivity index is 3.30. The highest BCUT2D eigenvalue weighted by molar-refractivity contribution is 7.80. The van der Waals surface area contributed by atoms with Gasteiger partial charge in [0.25, 0.3) is 0 Å². The molecule has 1 heteroatoms. The van der Waals surface area contributed by atoms with Crippen LogP contribution in [-0.4, -0.2) is 5.25 Å². The molecule has 0 aromatic rings. The summed E-state index contributed by atoms with van der Waals surface area (Å²) >= 11 is 4.40. The van der Waals surface area contributed by atoms with Gasteiger partial charge in [0, 0.05) is 5.25 Å². The zero-order valence-electron chi connectivity index (χ0n) is 7.59. The Kier molecular flexibility index (Phi) is 5.24. The minimum absolute atomic E-state index is 0.554. The first-order valence-electron chi connectivity index (χ1n) is 4.22. The molecule has 0 bridgehead atoms. The lowest BCUT2D eigenvalue weighted by Gasteiger charge is -2.15. The lowest BCUT2D eigenvalue weighted by Crippen LogP contribution is -2.07. The Morgan fingerprint density at radius 1 is 1.00 bits per heavy atom. The van der Waals surface area contributed by atoms with E-state index in [0.29, 0.717) is 5.25 Å². The quantitative estimate of drug-likeness (QED) is 0.599. The third kappa shape index (κ3) is 5.16. The molecule has 0 heterocycles. The summed E-state index contributed by atoms with van der Waals surface area (Å²) < 4.78 is 0. The molecule has 2 unspecified atom stereocenters. The Morgan fingerprint density at radius 3 is 1.80 bits per heavy atom. The van der Waals surface area contributed by atoms with E-state index in [9.17, 15) is 0 Å². The number of thiol groups is 1. The number of rotatable bonds is 4. The molecule has 0 saturated carbocycles. The van der Waals surface area contributed by atoms with E-state index in [2.05, 4.69) is 40.3 Å². The van der Waals surface area contributed by atoms with Gasteiger partial charge < -0.3 is 0 Å². The lowest BCUT2D eigenvalue weighted by atomic mass is 9.97. The van der Waals surface area contributed by atoms with Crippen LogP contribution >= 0.6 is 12.6 Å². The van der Waals surface area contributed by atoms with E-state index in [4.69, 9.17) is 0 Å². The maximum Gasteiger partial charge on any atom is 0.00141 e. The fraction of sp³-hybridized carbons (Fsp3) is 1.00. The molecule has 10 heavy (non-hydrogen) atoms. The summed E-state index contributed by atoms with van der Waals surface area (Å²) in [5, 5.41) is 0.554. The predicted molar refractivity (Wildman–Crippen MR) is 51.7 cm³/mol. The second-order valence-electron chi connectivity index (χ2n) is 3.69. The minimum atomic E-state index is 0.554. The molecule has 0 spiro atoms. The van der Waals surface area contributed by atoms with E-state index in [1.165, 1.54) is 12.8 Å². The lowest BCUT2D eigenvalue weighted by molar-refractivity contribution is 0.449. The van der Waals surface area contributed by atoms with Gasteiger partial charge in [-0.1, -0.05) is 34.1 Å². The zero-order valence-corrected chi connectivity index (χ0v) is 8.49. The molecule has 2 atom stereocenters. The Hall–Kier alpha value is 0.350. The summed E-state index contributed by atoms with van der Waals surface area (Å²) in [6.45, 7) is 9.00. The van der Waals surface area contributed by atoms with Gasteiger partial charge in [0.05, 0.1) is 0 Å². The molecule has 0 aliphatic rings. The third-order valence-corrected chi connectivity index (χ3v) is 2.53. The van der Waals surface area contributed by atoms with Crippen molar-refractivity contribution in [2.75, 3.05) is 0 Å². The molecular weight excluding hydrogens is 140 g/mol. The molecule has 0 amide bonds. The van der Waals surface area contributed by atoms with Crippen molar-refractivity contribution in [2.45, 2.75) is 45.8 Å². The number of hydrogen-bond donors (Lipinski definition) is 1. The predicted octanol–water partition coefficient (Wildman–Crippen LogP) is 3.38. The smallest absolute Gasteiger partial charge is 0.00141 e. The summed E-state index contributed by atoms with van der Waals surface area (Å²) in [7, 11) is 0. The molecule has 0 saturated heterocycles. The van der Waals surface area contributed by atoms with Crippen LogP contribution in [0, 0.1) is 11.8 Å². The first kappa shape index (κ1) is 10.3. The third-order valence-electron chi connectivity index (χ3n) is 2.02. The van der Waals surface area contributed by atoms with E-state index in [-0.39, 0.29) is 0 Å². The Morgan fingerprint density at radius 2 is 1.50 bits per heavy atom. The van der Waals surface area contributed by atoms with Gasteiger partial charge in [0.15, 0.2) is 0 Å². The topological polar surface area (TPSA) is 0 Å². The van der Waals surface area contributed by atoms with E-state index in [1.54, 1.807) is 0 Å². The van der Waals surface area contributed by atoms with Crippen molar-refractivity contribution < 1.29 is 0 Å². The van der Waals surface area contributed by atoms with Crippen molar-refractivity contribution in [3.8, 4) is 0 Å². The van der Waals surface area contributed by atoms with Crippen LogP contribution in [0.15, 0.2) is 0 Å². The van der Waals surface area contributed by atoms with Crippen molar-refractivity contribution >= 4 is 12.6 Å². The fourth-order valence-electron chi connectivity index (χ4n) is 0.837. The molecule has 0 aliphatic carbocycles. The van der Waals surface area contributed by atoms with Crippen LogP contribution < -0.4 is 0 Å². The van der Waals surface area contributed by atoms with E-state index in [0.717, 1.165) is 11.8 Å². The van der Waals surface area contributed by atoms with Gasteiger partial charge in [-0.25, -0.2) is 0 Å². The molecule has 0 rings (SSSR count). The van der Waals surface area contributed by atoms with Gasteiger partial charge in [0.2, 0.25) is 0 Å². The van der Waals surface area contributed by atoms with E-state index >= 15 is 0 Å². The average molecular weight is 160 g/mol. The van der Waals surface area contributed by atoms with Crippen LogP contribution in [0.2, 0.25) is 0 Å². The highest BCUT2D eigenvalue weighted by atomic mass is 32.1. The second-order valence-corrected chi connectivity index (χ2v) is 4.50. The van der Waals surface area contributed by atoms with Crippen LogP contribution in [-0.2, 0) is 0 Å². The van der Waals surface area contributed by atoms with Crippen LogP contribution in [0.25, 0.3) is 0 Å². The van der Waals surface area contributed by atoms with Crippen molar-refractivity contribution in [2.24, 2.45) is 11.8 Å². The van der Waals surface area contributed by atoms with E-state index < -0.39 is 0 Å². The van der Waals surface area contributed by atoms with Gasteiger partial charge in [-0.15, -0.1) is 0 Å². The van der Waals surface area contributed by atoms with Crippen LogP contribution in [0.5, 0.6) is 0 Å². The summed E-state index contributed by atoms with van der Waals surface area (Å²) in [6.07, 6.45) is 2.66. The summed E-state index contributed by atoms with van der Waals surface area (Å²) in [6, 6.07) is 0. The maximum atomic E-state index is 4.40. The van der Waals surface area contributed by atoms with Crippen molar-refractivity contribution in [1.29, 1.82) is 0 Å². The minimum Gasteiger partial charge on any atom is -0.176 e. The van der Waals surface area contributed by atoms with Gasteiger partial charge >= 0.3 is 0 Å². The van der Waals surface area contributed by atoms with Gasteiger partial charge in [0.1, 0.15) is 0 Å². The average Bonchev–Trinajstić information content (AvgIpc) is 1.82. The van der Waals surface area contributed by atoms with Gasteiger partial charge in [-0.2, -0.15) is 12.6 Å². The van der Waals surface area contributed by atoms with Gasteiger partial charge in [-0.05, 0) is 18.3 Å². The standard InChI is InChI=1S/C9H20S/c1-7(2)5-6-8(3)9(4)10/h7-10H,5-6H2,1-4H3. The summed E-state index contributed by atoms with van der Waals surface area (Å²) in [5.41, 5.74) is 0. The van der Waals surface area contributed by atoms with E-state index in [1.807, 2.05) is 0 Å². The molecule has 0 aromatic heterocycles. The maximum absolute atomic E-state index is 4.40. The fourth-order valence-corrected chi connectivity index (χ4v) is 0.986. The molecule has 0 N–H and O–H groups in total. The SMILES string of the molecule is CC(C)CCC(C)C(C)S. The Labute approximate surface area is 70.8 Å². The first-order chi connectivity index (χ1) is 4.54. The molecule has 0 fully saturated rings. The number of hydrogen-bond acceptors (Lipinski definition) is 1. The molecule has 62 valence electrons. The molecule has 0 aromatic carbocycles. The normalized spacial score (nSPS) is 17.4. The molecular formula is C9H20S. The molecule has 0 radical (unpaired) electrons. The monoisotopic (exact) mass is 160 g/mol. The molecule has 0 aliphatic heterocycles. The first-order valence-corrected chi connectivity index (χ1v) is 4.73. The zero-order chi connectivity index (χ0) is 8.15. The van der Waals surface area contributed by atoms with Crippen LogP contribution in [0.4, 0.5) is 0 Å². The van der Waals surface area contributed by atoms with Crippen LogP contribution in [0.1, 0.15) is 40.5 Å².